The van der Waals surface area contributed by atoms with Crippen LogP contribution in [-0.4, -0.2) is 11.7 Å². The van der Waals surface area contributed by atoms with E-state index < -0.39 is 17.5 Å². The van der Waals surface area contributed by atoms with Crippen molar-refractivity contribution >= 4 is 34.5 Å². The van der Waals surface area contributed by atoms with E-state index in [2.05, 4.69) is 10.6 Å². The molecule has 5 nitrogen and oxygen atoms in total. The molecule has 1 heterocycles. The Morgan fingerprint density at radius 3 is 2.70 bits per heavy atom. The number of hydrogen-bond acceptors (Lipinski definition) is 5. The molecule has 2 rings (SSSR count). The fourth-order valence-electron chi connectivity index (χ4n) is 1.82. The van der Waals surface area contributed by atoms with Crippen LogP contribution in [0.4, 0.5) is 26.2 Å². The van der Waals surface area contributed by atoms with Crippen molar-refractivity contribution in [3.63, 3.8) is 0 Å². The number of rotatable bonds is 4. The number of carbonyl (C=O) groups is 1. The standard InChI is InChI=1S/C16H20FN3O2S/c1-16(2,3)22-15(21)20-13-8-10(4-5-11(13)17)19-9-14-12(18)6-7-23-14/h4-8,19H,9,18H2,1-3H3,(H,20,21). The molecule has 0 atom stereocenters. The van der Waals surface area contributed by atoms with E-state index in [0.29, 0.717) is 12.2 Å². The summed E-state index contributed by atoms with van der Waals surface area (Å²) in [6.07, 6.45) is -0.698. The van der Waals surface area contributed by atoms with Crippen molar-refractivity contribution in [1.29, 1.82) is 0 Å². The van der Waals surface area contributed by atoms with Crippen LogP contribution in [0.1, 0.15) is 25.6 Å². The second-order valence-corrected chi connectivity index (χ2v) is 6.97. The quantitative estimate of drug-likeness (QED) is 0.771. The van der Waals surface area contributed by atoms with Gasteiger partial charge in [-0.05, 0) is 50.4 Å². The molecule has 0 aliphatic heterocycles. The van der Waals surface area contributed by atoms with E-state index in [4.69, 9.17) is 10.5 Å². The predicted octanol–water partition coefficient (Wildman–Crippen LogP) is 4.43. The van der Waals surface area contributed by atoms with Gasteiger partial charge < -0.3 is 15.8 Å². The van der Waals surface area contributed by atoms with Gasteiger partial charge in [0.25, 0.3) is 0 Å². The van der Waals surface area contributed by atoms with Gasteiger partial charge in [-0.25, -0.2) is 9.18 Å². The molecule has 1 amide bonds. The summed E-state index contributed by atoms with van der Waals surface area (Å²) in [5.41, 5.74) is 6.62. The Morgan fingerprint density at radius 1 is 1.35 bits per heavy atom. The van der Waals surface area contributed by atoms with Gasteiger partial charge in [0, 0.05) is 16.3 Å². The van der Waals surface area contributed by atoms with Gasteiger partial charge in [0.1, 0.15) is 11.4 Å². The van der Waals surface area contributed by atoms with E-state index >= 15 is 0 Å². The second kappa shape index (κ2) is 6.87. The number of ether oxygens (including phenoxy) is 1. The van der Waals surface area contributed by atoms with Crippen molar-refractivity contribution in [2.45, 2.75) is 32.9 Å². The lowest BCUT2D eigenvalue weighted by Crippen LogP contribution is -2.27. The number of benzene rings is 1. The highest BCUT2D eigenvalue weighted by molar-refractivity contribution is 7.10. The summed E-state index contributed by atoms with van der Waals surface area (Å²) in [6, 6.07) is 6.23. The van der Waals surface area contributed by atoms with E-state index in [0.717, 1.165) is 10.6 Å². The lowest BCUT2D eigenvalue weighted by atomic mass is 10.2. The van der Waals surface area contributed by atoms with Crippen LogP contribution >= 0.6 is 11.3 Å². The van der Waals surface area contributed by atoms with Gasteiger partial charge in [0.15, 0.2) is 0 Å². The van der Waals surface area contributed by atoms with Crippen LogP contribution in [0.2, 0.25) is 0 Å². The Bertz CT molecular complexity index is 695. The first-order chi connectivity index (χ1) is 10.7. The van der Waals surface area contributed by atoms with Crippen molar-refractivity contribution < 1.29 is 13.9 Å². The zero-order valence-corrected chi connectivity index (χ0v) is 14.1. The number of hydrogen-bond donors (Lipinski definition) is 3. The summed E-state index contributed by atoms with van der Waals surface area (Å²) in [5.74, 6) is -0.531. The summed E-state index contributed by atoms with van der Waals surface area (Å²) in [7, 11) is 0. The number of carbonyl (C=O) groups excluding carboxylic acids is 1. The molecule has 0 radical (unpaired) electrons. The van der Waals surface area contributed by atoms with Gasteiger partial charge in [0.05, 0.1) is 12.2 Å². The summed E-state index contributed by atoms with van der Waals surface area (Å²) < 4.78 is 18.9. The highest BCUT2D eigenvalue weighted by Gasteiger charge is 2.17. The first-order valence-electron chi connectivity index (χ1n) is 7.10. The number of thiophene rings is 1. The molecule has 1 aromatic carbocycles. The van der Waals surface area contributed by atoms with Crippen LogP contribution in [0.5, 0.6) is 0 Å². The zero-order chi connectivity index (χ0) is 17.0. The third-order valence-corrected chi connectivity index (χ3v) is 3.77. The third kappa shape index (κ3) is 5.14. The lowest BCUT2D eigenvalue weighted by molar-refractivity contribution is 0.0635. The highest BCUT2D eigenvalue weighted by atomic mass is 32.1. The Hall–Kier alpha value is -2.28. The second-order valence-electron chi connectivity index (χ2n) is 5.97. The normalized spacial score (nSPS) is 11.1. The van der Waals surface area contributed by atoms with Crippen LogP contribution in [0.15, 0.2) is 29.6 Å². The average molecular weight is 337 g/mol. The highest BCUT2D eigenvalue weighted by Crippen LogP contribution is 2.23. The summed E-state index contributed by atoms with van der Waals surface area (Å²) >= 11 is 1.54. The number of nitrogen functional groups attached to an aromatic ring is 1. The van der Waals surface area contributed by atoms with Gasteiger partial charge in [-0.15, -0.1) is 11.3 Å². The van der Waals surface area contributed by atoms with Crippen LogP contribution in [-0.2, 0) is 11.3 Å². The maximum atomic E-state index is 13.8. The monoisotopic (exact) mass is 337 g/mol. The fourth-order valence-corrected chi connectivity index (χ4v) is 2.56. The molecular weight excluding hydrogens is 317 g/mol. The molecule has 0 bridgehead atoms. The molecule has 7 heteroatoms. The van der Waals surface area contributed by atoms with Crippen molar-refractivity contribution in [3.05, 3.63) is 40.3 Å². The molecule has 0 aliphatic rings. The molecule has 0 unspecified atom stereocenters. The largest absolute Gasteiger partial charge is 0.444 e. The summed E-state index contributed by atoms with van der Waals surface area (Å²) in [6.45, 7) is 5.76. The number of anilines is 3. The van der Waals surface area contributed by atoms with E-state index in [1.807, 2.05) is 11.4 Å². The van der Waals surface area contributed by atoms with Crippen LogP contribution in [0, 0.1) is 5.82 Å². The molecule has 124 valence electrons. The van der Waals surface area contributed by atoms with Gasteiger partial charge >= 0.3 is 6.09 Å². The Morgan fingerprint density at radius 2 is 2.09 bits per heavy atom. The smallest absolute Gasteiger partial charge is 0.412 e. The Labute approximate surface area is 138 Å². The number of nitrogens with one attached hydrogen (secondary N) is 2. The van der Waals surface area contributed by atoms with E-state index in [1.54, 1.807) is 38.2 Å². The number of amides is 1. The summed E-state index contributed by atoms with van der Waals surface area (Å²) in [5, 5.41) is 7.47. The first-order valence-corrected chi connectivity index (χ1v) is 7.98. The Kier molecular flexibility index (Phi) is 5.10. The molecule has 0 saturated carbocycles. The minimum atomic E-state index is -0.698. The molecule has 1 aromatic heterocycles. The maximum Gasteiger partial charge on any atom is 0.412 e. The number of halogens is 1. The molecule has 4 N–H and O–H groups in total. The van der Waals surface area contributed by atoms with Gasteiger partial charge in [-0.3, -0.25) is 5.32 Å². The van der Waals surface area contributed by atoms with Gasteiger partial charge in [-0.2, -0.15) is 0 Å². The van der Waals surface area contributed by atoms with E-state index in [-0.39, 0.29) is 5.69 Å². The maximum absolute atomic E-state index is 13.8. The Balaban J connectivity index is 2.03. The van der Waals surface area contributed by atoms with Crippen molar-refractivity contribution in [2.24, 2.45) is 0 Å². The molecule has 2 aromatic rings. The topological polar surface area (TPSA) is 76.4 Å². The zero-order valence-electron chi connectivity index (χ0n) is 13.3. The van der Waals surface area contributed by atoms with Crippen molar-refractivity contribution in [3.8, 4) is 0 Å². The van der Waals surface area contributed by atoms with E-state index in [9.17, 15) is 9.18 Å². The molecule has 0 saturated heterocycles. The molecule has 0 spiro atoms. The average Bonchev–Trinajstić information content (AvgIpc) is 2.83. The molecular formula is C16H20FN3O2S. The molecule has 0 aliphatic carbocycles. The van der Waals surface area contributed by atoms with Crippen molar-refractivity contribution in [2.75, 3.05) is 16.4 Å². The minimum Gasteiger partial charge on any atom is -0.444 e. The van der Waals surface area contributed by atoms with Crippen molar-refractivity contribution in [1.82, 2.24) is 0 Å². The number of nitrogens with two attached hydrogens (primary N) is 1. The lowest BCUT2D eigenvalue weighted by Gasteiger charge is -2.20. The van der Waals surface area contributed by atoms with Crippen LogP contribution in [0.3, 0.4) is 0 Å². The van der Waals surface area contributed by atoms with E-state index in [1.165, 1.54) is 12.1 Å². The third-order valence-electron chi connectivity index (χ3n) is 2.83. The van der Waals surface area contributed by atoms with Crippen LogP contribution in [0.25, 0.3) is 0 Å². The van der Waals surface area contributed by atoms with Gasteiger partial charge in [-0.1, -0.05) is 0 Å². The fraction of sp³-hybridized carbons (Fsp3) is 0.312. The SMILES string of the molecule is CC(C)(C)OC(=O)Nc1cc(NCc2sccc2N)ccc1F. The van der Waals surface area contributed by atoms with Crippen LogP contribution < -0.4 is 16.4 Å². The molecule has 0 fully saturated rings. The first kappa shape index (κ1) is 17.1. The van der Waals surface area contributed by atoms with Gasteiger partial charge in [0.2, 0.25) is 0 Å². The predicted molar refractivity (Wildman–Crippen MR) is 92.3 cm³/mol. The minimum absolute atomic E-state index is 0.0587. The summed E-state index contributed by atoms with van der Waals surface area (Å²) in [4.78, 5) is 12.7. The molecule has 23 heavy (non-hydrogen) atoms.